The van der Waals surface area contributed by atoms with E-state index < -0.39 is 0 Å². The molecule has 0 spiro atoms. The van der Waals surface area contributed by atoms with E-state index in [1.54, 1.807) is 0 Å². The summed E-state index contributed by atoms with van der Waals surface area (Å²) in [5.41, 5.74) is 3.07. The molecular weight excluding hydrogens is 322 g/mol. The smallest absolute Gasteiger partial charge is 0.224 e. The molecular formula is C19H18ClN3O. The third-order valence-corrected chi connectivity index (χ3v) is 4.47. The van der Waals surface area contributed by atoms with Crippen molar-refractivity contribution in [3.05, 3.63) is 53.8 Å². The van der Waals surface area contributed by atoms with Gasteiger partial charge in [-0.2, -0.15) is 0 Å². The summed E-state index contributed by atoms with van der Waals surface area (Å²) < 4.78 is 5.69. The van der Waals surface area contributed by atoms with Crippen LogP contribution in [0.1, 0.15) is 12.8 Å². The SMILES string of the molecule is Clc1nc(NCC2CCCO2)c2c(-c3ccccc3)cccc2n1. The molecule has 0 saturated carbocycles. The second kappa shape index (κ2) is 6.75. The largest absolute Gasteiger partial charge is 0.376 e. The number of nitrogens with one attached hydrogen (secondary N) is 1. The highest BCUT2D eigenvalue weighted by Crippen LogP contribution is 2.33. The molecule has 1 aromatic heterocycles. The van der Waals surface area contributed by atoms with Crippen molar-refractivity contribution in [2.24, 2.45) is 0 Å². The summed E-state index contributed by atoms with van der Waals surface area (Å²) in [4.78, 5) is 8.82. The molecule has 3 aromatic rings. The van der Waals surface area contributed by atoms with Crippen molar-refractivity contribution in [1.82, 2.24) is 9.97 Å². The zero-order chi connectivity index (χ0) is 16.4. The highest BCUT2D eigenvalue weighted by Gasteiger charge is 2.17. The molecule has 1 aliphatic heterocycles. The van der Waals surface area contributed by atoms with Crippen molar-refractivity contribution in [2.45, 2.75) is 18.9 Å². The number of rotatable bonds is 4. The molecule has 5 heteroatoms. The van der Waals surface area contributed by atoms with Crippen LogP contribution < -0.4 is 5.32 Å². The molecule has 0 radical (unpaired) electrons. The average Bonchev–Trinajstić information content (AvgIpc) is 3.13. The molecule has 0 amide bonds. The van der Waals surface area contributed by atoms with Crippen molar-refractivity contribution < 1.29 is 4.74 Å². The van der Waals surface area contributed by atoms with Gasteiger partial charge in [-0.3, -0.25) is 0 Å². The van der Waals surface area contributed by atoms with Crippen LogP contribution in [0, 0.1) is 0 Å². The van der Waals surface area contributed by atoms with Gasteiger partial charge in [-0.15, -0.1) is 0 Å². The van der Waals surface area contributed by atoms with Gasteiger partial charge in [0.05, 0.1) is 17.0 Å². The molecule has 4 rings (SSSR count). The van der Waals surface area contributed by atoms with E-state index in [0.29, 0.717) is 0 Å². The number of fused-ring (bicyclic) bond motifs is 1. The number of nitrogens with zero attached hydrogens (tertiary/aromatic N) is 2. The van der Waals surface area contributed by atoms with Gasteiger partial charge in [-0.1, -0.05) is 42.5 Å². The Labute approximate surface area is 145 Å². The summed E-state index contributed by atoms with van der Waals surface area (Å²) in [6, 6.07) is 16.3. The Morgan fingerprint density at radius 3 is 2.75 bits per heavy atom. The van der Waals surface area contributed by atoms with Gasteiger partial charge in [0.25, 0.3) is 0 Å². The molecule has 1 saturated heterocycles. The lowest BCUT2D eigenvalue weighted by Crippen LogP contribution is -2.19. The molecule has 24 heavy (non-hydrogen) atoms. The third kappa shape index (κ3) is 3.07. The highest BCUT2D eigenvalue weighted by molar-refractivity contribution is 6.29. The van der Waals surface area contributed by atoms with Crippen molar-refractivity contribution in [3.8, 4) is 11.1 Å². The van der Waals surface area contributed by atoms with Crippen molar-refractivity contribution in [3.63, 3.8) is 0 Å². The molecule has 0 aliphatic carbocycles. The molecule has 2 aromatic carbocycles. The number of hydrogen-bond acceptors (Lipinski definition) is 4. The Hall–Kier alpha value is -2.17. The third-order valence-electron chi connectivity index (χ3n) is 4.30. The monoisotopic (exact) mass is 339 g/mol. The Bertz CT molecular complexity index is 848. The molecule has 0 bridgehead atoms. The van der Waals surface area contributed by atoms with E-state index in [4.69, 9.17) is 16.3 Å². The maximum Gasteiger partial charge on any atom is 0.224 e. The van der Waals surface area contributed by atoms with Crippen LogP contribution >= 0.6 is 11.6 Å². The van der Waals surface area contributed by atoms with Crippen LogP contribution in [-0.4, -0.2) is 29.2 Å². The molecule has 1 atom stereocenters. The van der Waals surface area contributed by atoms with E-state index in [1.165, 1.54) is 0 Å². The fourth-order valence-electron chi connectivity index (χ4n) is 3.16. The topological polar surface area (TPSA) is 47.0 Å². The van der Waals surface area contributed by atoms with Gasteiger partial charge in [-0.25, -0.2) is 9.97 Å². The van der Waals surface area contributed by atoms with Gasteiger partial charge in [0, 0.05) is 13.2 Å². The molecule has 1 fully saturated rings. The van der Waals surface area contributed by atoms with Gasteiger partial charge >= 0.3 is 0 Å². The first-order chi connectivity index (χ1) is 11.8. The molecule has 122 valence electrons. The number of anilines is 1. The lowest BCUT2D eigenvalue weighted by Gasteiger charge is -2.15. The summed E-state index contributed by atoms with van der Waals surface area (Å²) in [5.74, 6) is 0.764. The van der Waals surface area contributed by atoms with Crippen LogP contribution in [0.2, 0.25) is 5.28 Å². The molecule has 4 nitrogen and oxygen atoms in total. The van der Waals surface area contributed by atoms with E-state index in [0.717, 1.165) is 53.8 Å². The fraction of sp³-hybridized carbons (Fsp3) is 0.263. The molecule has 1 unspecified atom stereocenters. The van der Waals surface area contributed by atoms with E-state index in [1.807, 2.05) is 30.3 Å². The Balaban J connectivity index is 1.79. The highest BCUT2D eigenvalue weighted by atomic mass is 35.5. The number of halogens is 1. The first-order valence-corrected chi connectivity index (χ1v) is 8.56. The zero-order valence-corrected chi connectivity index (χ0v) is 14.0. The second-order valence-corrected chi connectivity index (χ2v) is 6.26. The summed E-state index contributed by atoms with van der Waals surface area (Å²) in [6.07, 6.45) is 2.43. The number of hydrogen-bond donors (Lipinski definition) is 1. The van der Waals surface area contributed by atoms with E-state index in [-0.39, 0.29) is 11.4 Å². The van der Waals surface area contributed by atoms with Gasteiger partial charge < -0.3 is 10.1 Å². The summed E-state index contributed by atoms with van der Waals surface area (Å²) in [7, 11) is 0. The van der Waals surface area contributed by atoms with E-state index in [9.17, 15) is 0 Å². The summed E-state index contributed by atoms with van der Waals surface area (Å²) in [6.45, 7) is 1.57. The molecule has 1 aliphatic rings. The first-order valence-electron chi connectivity index (χ1n) is 8.18. The van der Waals surface area contributed by atoms with Crippen molar-refractivity contribution in [2.75, 3.05) is 18.5 Å². The standard InChI is InChI=1S/C19H18ClN3O/c20-19-22-16-10-4-9-15(13-6-2-1-3-7-13)17(16)18(23-19)21-12-14-8-5-11-24-14/h1-4,6-7,9-10,14H,5,8,11-12H2,(H,21,22,23). The average molecular weight is 340 g/mol. The molecule has 1 N–H and O–H groups in total. The van der Waals surface area contributed by atoms with Crippen LogP contribution in [0.25, 0.3) is 22.0 Å². The summed E-state index contributed by atoms with van der Waals surface area (Å²) >= 11 is 6.12. The Morgan fingerprint density at radius 1 is 1.08 bits per heavy atom. The summed E-state index contributed by atoms with van der Waals surface area (Å²) in [5, 5.41) is 4.66. The Morgan fingerprint density at radius 2 is 1.96 bits per heavy atom. The number of ether oxygens (including phenoxy) is 1. The van der Waals surface area contributed by atoms with Crippen molar-refractivity contribution in [1.29, 1.82) is 0 Å². The van der Waals surface area contributed by atoms with Crippen LogP contribution in [-0.2, 0) is 4.74 Å². The second-order valence-electron chi connectivity index (χ2n) is 5.92. The lowest BCUT2D eigenvalue weighted by atomic mass is 10.0. The minimum absolute atomic E-state index is 0.234. The Kier molecular flexibility index (Phi) is 4.32. The van der Waals surface area contributed by atoms with Crippen LogP contribution in [0.4, 0.5) is 5.82 Å². The van der Waals surface area contributed by atoms with Gasteiger partial charge in [0.1, 0.15) is 5.82 Å². The van der Waals surface area contributed by atoms with Crippen molar-refractivity contribution >= 4 is 28.3 Å². The quantitative estimate of drug-likeness (QED) is 0.709. The fourth-order valence-corrected chi connectivity index (χ4v) is 3.33. The minimum atomic E-state index is 0.234. The van der Waals surface area contributed by atoms with Crippen LogP contribution in [0.15, 0.2) is 48.5 Å². The van der Waals surface area contributed by atoms with Crippen LogP contribution in [0.3, 0.4) is 0 Å². The normalized spacial score (nSPS) is 17.3. The van der Waals surface area contributed by atoms with E-state index in [2.05, 4.69) is 33.5 Å². The van der Waals surface area contributed by atoms with Crippen LogP contribution in [0.5, 0.6) is 0 Å². The van der Waals surface area contributed by atoms with Gasteiger partial charge in [0.2, 0.25) is 5.28 Å². The van der Waals surface area contributed by atoms with Gasteiger partial charge in [-0.05, 0) is 41.6 Å². The first kappa shape index (κ1) is 15.4. The molecule has 2 heterocycles. The predicted molar refractivity (Wildman–Crippen MR) is 97.4 cm³/mol. The zero-order valence-electron chi connectivity index (χ0n) is 13.2. The number of benzene rings is 2. The van der Waals surface area contributed by atoms with E-state index >= 15 is 0 Å². The number of aromatic nitrogens is 2. The minimum Gasteiger partial charge on any atom is -0.376 e. The maximum atomic E-state index is 6.12. The maximum absolute atomic E-state index is 6.12. The predicted octanol–water partition coefficient (Wildman–Crippen LogP) is 4.54. The van der Waals surface area contributed by atoms with Gasteiger partial charge in [0.15, 0.2) is 0 Å². The lowest BCUT2D eigenvalue weighted by molar-refractivity contribution is 0.120.